The zero-order valence-electron chi connectivity index (χ0n) is 13.4. The highest BCUT2D eigenvalue weighted by molar-refractivity contribution is 7.85. The highest BCUT2D eigenvalue weighted by atomic mass is 32.2. The molecule has 124 valence electrons. The van der Waals surface area contributed by atoms with E-state index in [2.05, 4.69) is 4.98 Å². The second-order valence-electron chi connectivity index (χ2n) is 5.19. The number of nitrogens with one attached hydrogen (secondary N) is 1. The van der Waals surface area contributed by atoms with Crippen molar-refractivity contribution >= 4 is 16.8 Å². The molecule has 1 N–H and O–H groups in total. The van der Waals surface area contributed by atoms with Gasteiger partial charge in [0, 0.05) is 28.8 Å². The minimum absolute atomic E-state index is 0.0810. The van der Waals surface area contributed by atoms with Crippen LogP contribution in [0.3, 0.4) is 0 Å². The summed E-state index contributed by atoms with van der Waals surface area (Å²) in [6.45, 7) is 7.44. The third-order valence-corrected chi connectivity index (χ3v) is 4.35. The summed E-state index contributed by atoms with van der Waals surface area (Å²) in [6, 6.07) is 1.35. The molecule has 0 amide bonds. The first-order valence-corrected chi connectivity index (χ1v) is 8.65. The number of aromatic amines is 1. The van der Waals surface area contributed by atoms with Crippen LogP contribution in [0.1, 0.15) is 39.8 Å². The zero-order chi connectivity index (χ0) is 16.7. The number of rotatable bonds is 8. The molecule has 2 atom stereocenters. The molecule has 0 spiro atoms. The van der Waals surface area contributed by atoms with Crippen LogP contribution < -0.4 is 10.2 Å². The molecule has 0 aliphatic carbocycles. The number of carbonyl (C=O) groups is 1. The summed E-state index contributed by atoms with van der Waals surface area (Å²) < 4.78 is 22.5. The van der Waals surface area contributed by atoms with Crippen molar-refractivity contribution < 1.29 is 18.5 Å². The normalized spacial score (nSPS) is 13.7. The number of aromatic nitrogens is 1. The van der Waals surface area contributed by atoms with Crippen molar-refractivity contribution in [3.8, 4) is 5.75 Å². The van der Waals surface area contributed by atoms with Crippen LogP contribution in [0.15, 0.2) is 17.1 Å². The van der Waals surface area contributed by atoms with Crippen molar-refractivity contribution in [1.29, 1.82) is 0 Å². The van der Waals surface area contributed by atoms with E-state index >= 15 is 0 Å². The van der Waals surface area contributed by atoms with E-state index in [4.69, 9.17) is 9.47 Å². The Balaban J connectivity index is 2.70. The molecule has 1 aromatic heterocycles. The van der Waals surface area contributed by atoms with E-state index < -0.39 is 22.0 Å². The second kappa shape index (κ2) is 8.73. The predicted molar refractivity (Wildman–Crippen MR) is 85.4 cm³/mol. The lowest BCUT2D eigenvalue weighted by molar-refractivity contribution is -0.146. The molecule has 0 aliphatic rings. The van der Waals surface area contributed by atoms with Gasteiger partial charge in [-0.1, -0.05) is 6.92 Å². The van der Waals surface area contributed by atoms with Crippen molar-refractivity contribution in [3.63, 3.8) is 0 Å². The summed E-state index contributed by atoms with van der Waals surface area (Å²) >= 11 is 0. The minimum atomic E-state index is -1.47. The molecule has 0 bridgehead atoms. The molecule has 2 unspecified atom stereocenters. The highest BCUT2D eigenvalue weighted by Crippen LogP contribution is 2.09. The third kappa shape index (κ3) is 5.63. The topological polar surface area (TPSA) is 85.5 Å². The van der Waals surface area contributed by atoms with Gasteiger partial charge in [-0.15, -0.1) is 0 Å². The highest BCUT2D eigenvalue weighted by Gasteiger charge is 2.23. The van der Waals surface area contributed by atoms with Crippen LogP contribution in [0, 0.1) is 0 Å². The molecular formula is C15H23NO5S. The summed E-state index contributed by atoms with van der Waals surface area (Å²) in [6.07, 6.45) is 2.02. The lowest BCUT2D eigenvalue weighted by Crippen LogP contribution is -2.28. The number of pyridine rings is 1. The van der Waals surface area contributed by atoms with E-state index in [-0.39, 0.29) is 23.0 Å². The van der Waals surface area contributed by atoms with Gasteiger partial charge in [0.2, 0.25) is 5.43 Å². The summed E-state index contributed by atoms with van der Waals surface area (Å²) in [5, 5.41) is -0.748. The van der Waals surface area contributed by atoms with Crippen LogP contribution in [-0.4, -0.2) is 33.1 Å². The largest absolute Gasteiger partial charge is 0.488 e. The Morgan fingerprint density at radius 3 is 2.59 bits per heavy atom. The summed E-state index contributed by atoms with van der Waals surface area (Å²) in [7, 11) is -1.47. The molecule has 1 aromatic rings. The van der Waals surface area contributed by atoms with Crippen molar-refractivity contribution in [2.45, 2.75) is 51.2 Å². The maximum Gasteiger partial charge on any atom is 0.321 e. The number of esters is 1. The number of hydrogen-bond donors (Lipinski definition) is 1. The molecule has 0 saturated carbocycles. The number of ether oxygens (including phenoxy) is 2. The third-order valence-electron chi connectivity index (χ3n) is 2.77. The Hall–Kier alpha value is -1.63. The molecule has 0 radical (unpaired) electrons. The van der Waals surface area contributed by atoms with Crippen molar-refractivity contribution in [1.82, 2.24) is 4.98 Å². The van der Waals surface area contributed by atoms with Gasteiger partial charge in [0.05, 0.1) is 18.5 Å². The van der Waals surface area contributed by atoms with Crippen LogP contribution >= 0.6 is 0 Å². The van der Waals surface area contributed by atoms with E-state index in [9.17, 15) is 13.8 Å². The van der Waals surface area contributed by atoms with Crippen LogP contribution in [0.2, 0.25) is 0 Å². The van der Waals surface area contributed by atoms with Crippen LogP contribution in [0.4, 0.5) is 0 Å². The SMILES string of the molecule is CCCOc1c[nH]c(CS(=O)C(C)C(=O)OC(C)C)cc1=O. The average Bonchev–Trinajstić information content (AvgIpc) is 2.44. The van der Waals surface area contributed by atoms with Gasteiger partial charge < -0.3 is 14.5 Å². The molecule has 0 aliphatic heterocycles. The maximum atomic E-state index is 12.2. The van der Waals surface area contributed by atoms with E-state index in [1.807, 2.05) is 6.92 Å². The Labute approximate surface area is 132 Å². The van der Waals surface area contributed by atoms with E-state index in [0.29, 0.717) is 12.3 Å². The van der Waals surface area contributed by atoms with E-state index in [0.717, 1.165) is 6.42 Å². The van der Waals surface area contributed by atoms with Gasteiger partial charge in [0.1, 0.15) is 5.25 Å². The minimum Gasteiger partial charge on any atom is -0.488 e. The summed E-state index contributed by atoms with van der Waals surface area (Å²) in [4.78, 5) is 26.4. The van der Waals surface area contributed by atoms with Gasteiger partial charge in [-0.05, 0) is 27.2 Å². The lowest BCUT2D eigenvalue weighted by atomic mass is 10.3. The number of hydrogen-bond acceptors (Lipinski definition) is 5. The quantitative estimate of drug-likeness (QED) is 0.734. The van der Waals surface area contributed by atoms with Gasteiger partial charge >= 0.3 is 5.97 Å². The smallest absolute Gasteiger partial charge is 0.321 e. The molecule has 6 nitrogen and oxygen atoms in total. The lowest BCUT2D eigenvalue weighted by Gasteiger charge is -2.13. The molecule has 0 aromatic carbocycles. The molecule has 22 heavy (non-hydrogen) atoms. The Kier molecular flexibility index (Phi) is 7.31. The second-order valence-corrected chi connectivity index (χ2v) is 6.95. The van der Waals surface area contributed by atoms with Crippen molar-refractivity contribution in [2.75, 3.05) is 6.61 Å². The molecular weight excluding hydrogens is 306 g/mol. The number of H-pyrrole nitrogens is 1. The fraction of sp³-hybridized carbons (Fsp3) is 0.600. The monoisotopic (exact) mass is 329 g/mol. The zero-order valence-corrected chi connectivity index (χ0v) is 14.2. The van der Waals surface area contributed by atoms with Crippen molar-refractivity contribution in [2.24, 2.45) is 0 Å². The Bertz CT molecular complexity index is 582. The summed E-state index contributed by atoms with van der Waals surface area (Å²) in [5.74, 6) is -0.181. The maximum absolute atomic E-state index is 12.2. The van der Waals surface area contributed by atoms with E-state index in [1.165, 1.54) is 12.3 Å². The molecule has 0 saturated heterocycles. The predicted octanol–water partition coefficient (Wildman–Crippen LogP) is 1.75. The summed E-state index contributed by atoms with van der Waals surface area (Å²) in [5.41, 5.74) is 0.230. The Morgan fingerprint density at radius 1 is 1.36 bits per heavy atom. The fourth-order valence-corrected chi connectivity index (χ4v) is 2.62. The Morgan fingerprint density at radius 2 is 2.05 bits per heavy atom. The fourth-order valence-electron chi connectivity index (χ4n) is 1.62. The van der Waals surface area contributed by atoms with Gasteiger partial charge in [-0.3, -0.25) is 13.8 Å². The first-order chi connectivity index (χ1) is 10.3. The average molecular weight is 329 g/mol. The first kappa shape index (κ1) is 18.4. The van der Waals surface area contributed by atoms with Gasteiger partial charge in [0.25, 0.3) is 0 Å². The molecule has 0 fully saturated rings. The van der Waals surface area contributed by atoms with Gasteiger partial charge in [-0.25, -0.2) is 0 Å². The molecule has 1 rings (SSSR count). The number of carbonyl (C=O) groups excluding carboxylic acids is 1. The van der Waals surface area contributed by atoms with Gasteiger partial charge in [0.15, 0.2) is 5.75 Å². The standard InChI is InChI=1S/C15H23NO5S/c1-5-6-20-14-8-16-12(7-13(14)17)9-22(19)11(4)15(18)21-10(2)3/h7-8,10-11H,5-6,9H2,1-4H3,(H,16,17). The van der Waals surface area contributed by atoms with E-state index in [1.54, 1.807) is 20.8 Å². The van der Waals surface area contributed by atoms with Crippen LogP contribution in [-0.2, 0) is 26.1 Å². The van der Waals surface area contributed by atoms with Crippen LogP contribution in [0.5, 0.6) is 5.75 Å². The van der Waals surface area contributed by atoms with Crippen molar-refractivity contribution in [3.05, 3.63) is 28.2 Å². The molecule has 7 heteroatoms. The molecule has 1 heterocycles. The van der Waals surface area contributed by atoms with Crippen LogP contribution in [0.25, 0.3) is 0 Å². The first-order valence-electron chi connectivity index (χ1n) is 7.27. The van der Waals surface area contributed by atoms with Gasteiger partial charge in [-0.2, -0.15) is 0 Å².